The Morgan fingerprint density at radius 2 is 2.19 bits per heavy atom. The van der Waals surface area contributed by atoms with E-state index < -0.39 is 0 Å². The maximum atomic E-state index is 11.8. The van der Waals surface area contributed by atoms with Gasteiger partial charge in [-0.15, -0.1) is 0 Å². The van der Waals surface area contributed by atoms with Gasteiger partial charge in [0.25, 0.3) is 0 Å². The van der Waals surface area contributed by atoms with E-state index in [1.807, 2.05) is 27.7 Å². The zero-order valence-electron chi connectivity index (χ0n) is 10.3. The molecule has 1 heterocycles. The second-order valence-electron chi connectivity index (χ2n) is 4.01. The summed E-state index contributed by atoms with van der Waals surface area (Å²) in [7, 11) is 0. The number of amides is 1. The van der Waals surface area contributed by atoms with Crippen molar-refractivity contribution in [1.29, 1.82) is 0 Å². The Labute approximate surface area is 96.0 Å². The van der Waals surface area contributed by atoms with Crippen molar-refractivity contribution in [2.75, 3.05) is 18.4 Å². The Kier molecular flexibility index (Phi) is 4.49. The minimum atomic E-state index is -0.0475. The van der Waals surface area contributed by atoms with Gasteiger partial charge in [-0.25, -0.2) is 0 Å². The van der Waals surface area contributed by atoms with Crippen molar-refractivity contribution in [1.82, 2.24) is 15.5 Å². The molecular weight excluding hydrogens is 204 g/mol. The van der Waals surface area contributed by atoms with E-state index in [0.29, 0.717) is 6.54 Å². The van der Waals surface area contributed by atoms with E-state index in [2.05, 4.69) is 20.8 Å². The number of aromatic nitrogens is 2. The lowest BCUT2D eigenvalue weighted by molar-refractivity contribution is -0.119. The molecule has 90 valence electrons. The van der Waals surface area contributed by atoms with E-state index in [9.17, 15) is 4.79 Å². The van der Waals surface area contributed by atoms with Crippen LogP contribution in [-0.2, 0) is 4.79 Å². The Morgan fingerprint density at radius 3 is 2.69 bits per heavy atom. The van der Waals surface area contributed by atoms with Gasteiger partial charge in [0.2, 0.25) is 5.91 Å². The summed E-state index contributed by atoms with van der Waals surface area (Å²) in [6.07, 6.45) is 0. The normalized spacial score (nSPS) is 12.5. The monoisotopic (exact) mass is 224 g/mol. The first-order valence-electron chi connectivity index (χ1n) is 5.59. The highest BCUT2D eigenvalue weighted by molar-refractivity contribution is 5.93. The topological polar surface area (TPSA) is 69.8 Å². The predicted molar refractivity (Wildman–Crippen MR) is 64.4 cm³/mol. The fraction of sp³-hybridized carbons (Fsp3) is 0.636. The summed E-state index contributed by atoms with van der Waals surface area (Å²) in [6, 6.07) is 0. The van der Waals surface area contributed by atoms with Crippen molar-refractivity contribution >= 4 is 11.6 Å². The zero-order chi connectivity index (χ0) is 12.1. The van der Waals surface area contributed by atoms with Crippen LogP contribution in [0.25, 0.3) is 0 Å². The van der Waals surface area contributed by atoms with E-state index in [1.54, 1.807) is 0 Å². The number of rotatable bonds is 5. The van der Waals surface area contributed by atoms with Crippen LogP contribution in [0.2, 0.25) is 0 Å². The molecular formula is C11H20N4O. The number of hydrogen-bond donors (Lipinski definition) is 3. The molecule has 0 saturated heterocycles. The molecule has 0 aliphatic rings. The molecule has 0 aliphatic heterocycles. The number of anilines is 1. The Morgan fingerprint density at radius 1 is 1.50 bits per heavy atom. The van der Waals surface area contributed by atoms with Gasteiger partial charge >= 0.3 is 0 Å². The van der Waals surface area contributed by atoms with Crippen LogP contribution in [0.3, 0.4) is 0 Å². The van der Waals surface area contributed by atoms with E-state index >= 15 is 0 Å². The molecule has 1 unspecified atom stereocenters. The second kappa shape index (κ2) is 5.65. The lowest BCUT2D eigenvalue weighted by Gasteiger charge is -2.12. The van der Waals surface area contributed by atoms with Gasteiger partial charge in [-0.3, -0.25) is 9.89 Å². The molecule has 0 fully saturated rings. The zero-order valence-corrected chi connectivity index (χ0v) is 10.3. The fourth-order valence-electron chi connectivity index (χ4n) is 1.44. The highest BCUT2D eigenvalue weighted by Gasteiger charge is 2.15. The van der Waals surface area contributed by atoms with Crippen molar-refractivity contribution in [3.63, 3.8) is 0 Å². The summed E-state index contributed by atoms with van der Waals surface area (Å²) in [5.74, 6) is -0.0257. The number of carbonyl (C=O) groups is 1. The second-order valence-corrected chi connectivity index (χ2v) is 4.01. The number of aryl methyl sites for hydroxylation is 2. The number of carbonyl (C=O) groups excluding carboxylic acids is 1. The number of H-pyrrole nitrogens is 1. The first kappa shape index (κ1) is 12.7. The van der Waals surface area contributed by atoms with Gasteiger partial charge in [0.1, 0.15) is 0 Å². The van der Waals surface area contributed by atoms with Crippen LogP contribution in [0.5, 0.6) is 0 Å². The number of nitrogens with one attached hydrogen (secondary N) is 3. The van der Waals surface area contributed by atoms with Crippen LogP contribution in [0.1, 0.15) is 25.2 Å². The standard InChI is InChI=1S/C11H20N4O/c1-5-12-6-7(2)11(16)13-10-8(3)14-15-9(10)4/h7,12H,5-6H2,1-4H3,(H,13,16)(H,14,15). The maximum absolute atomic E-state index is 11.8. The summed E-state index contributed by atoms with van der Waals surface area (Å²) in [4.78, 5) is 11.8. The van der Waals surface area contributed by atoms with Gasteiger partial charge < -0.3 is 10.6 Å². The van der Waals surface area contributed by atoms with E-state index in [4.69, 9.17) is 0 Å². The van der Waals surface area contributed by atoms with Crippen LogP contribution in [0, 0.1) is 19.8 Å². The smallest absolute Gasteiger partial charge is 0.228 e. The molecule has 0 radical (unpaired) electrons. The van der Waals surface area contributed by atoms with Crippen molar-refractivity contribution in [3.05, 3.63) is 11.4 Å². The third kappa shape index (κ3) is 3.06. The van der Waals surface area contributed by atoms with Gasteiger partial charge in [-0.1, -0.05) is 13.8 Å². The molecule has 0 saturated carbocycles. The predicted octanol–water partition coefficient (Wildman–Crippen LogP) is 1.21. The first-order chi connectivity index (χ1) is 7.56. The Balaban J connectivity index is 2.57. The van der Waals surface area contributed by atoms with Gasteiger partial charge in [0.05, 0.1) is 17.1 Å². The van der Waals surface area contributed by atoms with E-state index in [-0.39, 0.29) is 11.8 Å². The minimum Gasteiger partial charge on any atom is -0.323 e. The van der Waals surface area contributed by atoms with Crippen molar-refractivity contribution < 1.29 is 4.79 Å². The molecule has 5 nitrogen and oxygen atoms in total. The number of hydrogen-bond acceptors (Lipinski definition) is 3. The highest BCUT2D eigenvalue weighted by atomic mass is 16.1. The SMILES string of the molecule is CCNCC(C)C(=O)Nc1c(C)n[nH]c1C. The Hall–Kier alpha value is -1.36. The molecule has 0 spiro atoms. The third-order valence-electron chi connectivity index (χ3n) is 2.52. The molecule has 0 bridgehead atoms. The van der Waals surface area contributed by atoms with Crippen molar-refractivity contribution in [2.45, 2.75) is 27.7 Å². The average molecular weight is 224 g/mol. The fourth-order valence-corrected chi connectivity index (χ4v) is 1.44. The first-order valence-corrected chi connectivity index (χ1v) is 5.59. The van der Waals surface area contributed by atoms with Crippen LogP contribution in [-0.4, -0.2) is 29.2 Å². The van der Waals surface area contributed by atoms with Crippen molar-refractivity contribution in [2.24, 2.45) is 5.92 Å². The number of aromatic amines is 1. The van der Waals surface area contributed by atoms with Crippen LogP contribution < -0.4 is 10.6 Å². The summed E-state index contributed by atoms with van der Waals surface area (Å²) < 4.78 is 0. The molecule has 0 aliphatic carbocycles. The molecule has 5 heteroatoms. The molecule has 1 atom stereocenters. The van der Waals surface area contributed by atoms with Gasteiger partial charge in [-0.2, -0.15) is 5.10 Å². The summed E-state index contributed by atoms with van der Waals surface area (Å²) in [5, 5.41) is 12.9. The van der Waals surface area contributed by atoms with Gasteiger partial charge in [0, 0.05) is 12.5 Å². The molecule has 1 rings (SSSR count). The molecule has 16 heavy (non-hydrogen) atoms. The largest absolute Gasteiger partial charge is 0.323 e. The lowest BCUT2D eigenvalue weighted by Crippen LogP contribution is -2.30. The maximum Gasteiger partial charge on any atom is 0.228 e. The lowest BCUT2D eigenvalue weighted by atomic mass is 10.1. The minimum absolute atomic E-state index is 0.0218. The molecule has 1 amide bonds. The van der Waals surface area contributed by atoms with E-state index in [1.165, 1.54) is 0 Å². The van der Waals surface area contributed by atoms with E-state index in [0.717, 1.165) is 23.6 Å². The van der Waals surface area contributed by atoms with Crippen LogP contribution in [0.15, 0.2) is 0 Å². The molecule has 1 aromatic rings. The van der Waals surface area contributed by atoms with Crippen LogP contribution in [0.4, 0.5) is 5.69 Å². The molecule has 1 aromatic heterocycles. The molecule has 3 N–H and O–H groups in total. The quantitative estimate of drug-likeness (QED) is 0.704. The van der Waals surface area contributed by atoms with Gasteiger partial charge in [-0.05, 0) is 20.4 Å². The average Bonchev–Trinajstić information content (AvgIpc) is 2.57. The third-order valence-corrected chi connectivity index (χ3v) is 2.52. The number of nitrogens with zero attached hydrogens (tertiary/aromatic N) is 1. The summed E-state index contributed by atoms with van der Waals surface area (Å²) in [5.41, 5.74) is 2.51. The Bertz CT molecular complexity index is 339. The summed E-state index contributed by atoms with van der Waals surface area (Å²) >= 11 is 0. The highest BCUT2D eigenvalue weighted by Crippen LogP contribution is 2.16. The summed E-state index contributed by atoms with van der Waals surface area (Å²) in [6.45, 7) is 9.26. The molecule has 0 aromatic carbocycles. The van der Waals surface area contributed by atoms with Crippen LogP contribution >= 0.6 is 0 Å². The van der Waals surface area contributed by atoms with Gasteiger partial charge in [0.15, 0.2) is 0 Å². The van der Waals surface area contributed by atoms with Crippen molar-refractivity contribution in [3.8, 4) is 0 Å².